The molecule has 3 aromatic heterocycles. The topological polar surface area (TPSA) is 69.0 Å². The third kappa shape index (κ3) is 2.71. The number of hydrogen-bond acceptors (Lipinski definition) is 6. The Morgan fingerprint density at radius 1 is 1.36 bits per heavy atom. The molecule has 22 heavy (non-hydrogen) atoms. The summed E-state index contributed by atoms with van der Waals surface area (Å²) in [4.78, 5) is 16.6. The van der Waals surface area contributed by atoms with Crippen LogP contribution in [-0.4, -0.2) is 27.8 Å². The molecule has 0 aliphatic rings. The predicted molar refractivity (Wildman–Crippen MR) is 85.0 cm³/mol. The van der Waals surface area contributed by atoms with Crippen LogP contribution in [0.3, 0.4) is 0 Å². The summed E-state index contributed by atoms with van der Waals surface area (Å²) in [6.07, 6.45) is 1.71. The Bertz CT molecular complexity index is 795. The van der Waals surface area contributed by atoms with Crippen LogP contribution in [0.25, 0.3) is 5.82 Å². The van der Waals surface area contributed by atoms with Crippen molar-refractivity contribution in [2.45, 2.75) is 6.92 Å². The largest absolute Gasteiger partial charge is 0.465 e. The first-order valence-corrected chi connectivity index (χ1v) is 7.48. The lowest BCUT2D eigenvalue weighted by Crippen LogP contribution is -2.06. The van der Waals surface area contributed by atoms with Gasteiger partial charge in [0.25, 0.3) is 0 Å². The summed E-state index contributed by atoms with van der Waals surface area (Å²) in [5.74, 6) is 1.07. The summed E-state index contributed by atoms with van der Waals surface area (Å²) in [5, 5.41) is 9.50. The molecule has 0 aliphatic carbocycles. The lowest BCUT2D eigenvalue weighted by atomic mass is 10.3. The summed E-state index contributed by atoms with van der Waals surface area (Å²) in [6.45, 7) is 1.90. The minimum atomic E-state index is -0.363. The molecular weight excluding hydrogens is 300 g/mol. The Morgan fingerprint density at radius 3 is 2.95 bits per heavy atom. The molecule has 3 rings (SSSR count). The summed E-state index contributed by atoms with van der Waals surface area (Å²) < 4.78 is 6.49. The number of thiophene rings is 1. The van der Waals surface area contributed by atoms with Gasteiger partial charge in [-0.25, -0.2) is 9.78 Å². The van der Waals surface area contributed by atoms with Gasteiger partial charge in [-0.2, -0.15) is 9.78 Å². The van der Waals surface area contributed by atoms with E-state index in [9.17, 15) is 4.79 Å². The van der Waals surface area contributed by atoms with Crippen LogP contribution in [0.2, 0.25) is 0 Å². The van der Waals surface area contributed by atoms with E-state index in [1.165, 1.54) is 18.4 Å². The van der Waals surface area contributed by atoms with Gasteiger partial charge < -0.3 is 10.1 Å². The minimum Gasteiger partial charge on any atom is -0.465 e. The highest BCUT2D eigenvalue weighted by Gasteiger charge is 2.16. The zero-order valence-electron chi connectivity index (χ0n) is 12.1. The molecule has 0 aromatic carbocycles. The van der Waals surface area contributed by atoms with Gasteiger partial charge in [0, 0.05) is 12.3 Å². The molecule has 0 spiro atoms. The third-order valence-electron chi connectivity index (χ3n) is 3.00. The van der Waals surface area contributed by atoms with Crippen molar-refractivity contribution in [1.29, 1.82) is 0 Å². The zero-order chi connectivity index (χ0) is 15.5. The standard InChI is InChI=1S/C15H14N4O2S/c1-10-9-13(19(18-10)12-5-3-4-7-16-12)17-11-6-8-22-14(11)15(20)21-2/h3-9,17H,1-2H3. The molecule has 3 heterocycles. The molecule has 3 aromatic rings. The number of aryl methyl sites for hydroxylation is 1. The third-order valence-corrected chi connectivity index (χ3v) is 3.89. The van der Waals surface area contributed by atoms with E-state index in [4.69, 9.17) is 4.74 Å². The number of rotatable bonds is 4. The Morgan fingerprint density at radius 2 is 2.23 bits per heavy atom. The number of methoxy groups -OCH3 is 1. The summed E-state index contributed by atoms with van der Waals surface area (Å²) in [6, 6.07) is 9.34. The second-order valence-electron chi connectivity index (χ2n) is 4.55. The molecule has 6 nitrogen and oxygen atoms in total. The van der Waals surface area contributed by atoms with Gasteiger partial charge in [-0.3, -0.25) is 0 Å². The first kappa shape index (κ1) is 14.3. The molecule has 0 fully saturated rings. The number of nitrogens with zero attached hydrogens (tertiary/aromatic N) is 3. The maximum absolute atomic E-state index is 11.8. The Hall–Kier alpha value is -2.67. The van der Waals surface area contributed by atoms with E-state index in [1.54, 1.807) is 10.9 Å². The molecule has 0 amide bonds. The summed E-state index contributed by atoms with van der Waals surface area (Å²) in [5.41, 5.74) is 1.54. The lowest BCUT2D eigenvalue weighted by Gasteiger charge is -2.09. The van der Waals surface area contributed by atoms with Crippen LogP contribution in [0.4, 0.5) is 11.5 Å². The van der Waals surface area contributed by atoms with Gasteiger partial charge in [0.2, 0.25) is 0 Å². The first-order chi connectivity index (χ1) is 10.7. The fraction of sp³-hybridized carbons (Fsp3) is 0.133. The van der Waals surface area contributed by atoms with Crippen LogP contribution in [0, 0.1) is 6.92 Å². The lowest BCUT2D eigenvalue weighted by molar-refractivity contribution is 0.0607. The molecule has 0 bridgehead atoms. The number of aromatic nitrogens is 3. The van der Waals surface area contributed by atoms with E-state index < -0.39 is 0 Å². The van der Waals surface area contributed by atoms with Crippen molar-refractivity contribution in [1.82, 2.24) is 14.8 Å². The fourth-order valence-corrected chi connectivity index (χ4v) is 2.80. The van der Waals surface area contributed by atoms with Gasteiger partial charge in [0.1, 0.15) is 10.7 Å². The monoisotopic (exact) mass is 314 g/mol. The maximum atomic E-state index is 11.8. The molecule has 7 heteroatoms. The van der Waals surface area contributed by atoms with Crippen molar-refractivity contribution in [3.63, 3.8) is 0 Å². The Labute approximate surface area is 131 Å². The van der Waals surface area contributed by atoms with Crippen molar-refractivity contribution in [3.8, 4) is 5.82 Å². The number of anilines is 2. The first-order valence-electron chi connectivity index (χ1n) is 6.60. The quantitative estimate of drug-likeness (QED) is 0.749. The van der Waals surface area contributed by atoms with E-state index in [2.05, 4.69) is 15.4 Å². The van der Waals surface area contributed by atoms with E-state index in [0.29, 0.717) is 16.4 Å². The fourth-order valence-electron chi connectivity index (χ4n) is 2.04. The maximum Gasteiger partial charge on any atom is 0.350 e. The minimum absolute atomic E-state index is 0.363. The van der Waals surface area contributed by atoms with Crippen LogP contribution in [0.1, 0.15) is 15.4 Å². The number of ether oxygens (including phenoxy) is 1. The Kier molecular flexibility index (Phi) is 3.88. The average molecular weight is 314 g/mol. The average Bonchev–Trinajstić information content (AvgIpc) is 3.14. The van der Waals surface area contributed by atoms with Gasteiger partial charge in [-0.1, -0.05) is 6.07 Å². The van der Waals surface area contributed by atoms with Gasteiger partial charge in [-0.05, 0) is 30.5 Å². The molecule has 0 unspecified atom stereocenters. The zero-order valence-corrected chi connectivity index (χ0v) is 12.9. The number of hydrogen-bond donors (Lipinski definition) is 1. The van der Waals surface area contributed by atoms with Crippen LogP contribution in [0.15, 0.2) is 41.9 Å². The Balaban J connectivity index is 1.97. The molecule has 1 N–H and O–H groups in total. The van der Waals surface area contributed by atoms with Crippen molar-refractivity contribution >= 4 is 28.8 Å². The van der Waals surface area contributed by atoms with Crippen molar-refractivity contribution < 1.29 is 9.53 Å². The SMILES string of the molecule is COC(=O)c1sccc1Nc1cc(C)nn1-c1ccccn1. The second kappa shape index (κ2) is 5.98. The summed E-state index contributed by atoms with van der Waals surface area (Å²) >= 11 is 1.33. The summed E-state index contributed by atoms with van der Waals surface area (Å²) in [7, 11) is 1.37. The van der Waals surface area contributed by atoms with Crippen LogP contribution < -0.4 is 5.32 Å². The normalized spacial score (nSPS) is 10.5. The van der Waals surface area contributed by atoms with Gasteiger partial charge >= 0.3 is 5.97 Å². The second-order valence-corrected chi connectivity index (χ2v) is 5.47. The van der Waals surface area contributed by atoms with Gasteiger partial charge in [0.15, 0.2) is 5.82 Å². The predicted octanol–water partition coefficient (Wildman–Crippen LogP) is 3.17. The van der Waals surface area contributed by atoms with Crippen molar-refractivity contribution in [2.75, 3.05) is 12.4 Å². The molecule has 0 aliphatic heterocycles. The van der Waals surface area contributed by atoms with E-state index >= 15 is 0 Å². The van der Waals surface area contributed by atoms with E-state index in [-0.39, 0.29) is 5.97 Å². The molecule has 0 saturated heterocycles. The van der Waals surface area contributed by atoms with E-state index in [0.717, 1.165) is 11.5 Å². The molecular formula is C15H14N4O2S. The smallest absolute Gasteiger partial charge is 0.350 e. The van der Waals surface area contributed by atoms with Crippen LogP contribution >= 0.6 is 11.3 Å². The highest BCUT2D eigenvalue weighted by atomic mass is 32.1. The number of nitrogens with one attached hydrogen (secondary N) is 1. The highest BCUT2D eigenvalue weighted by molar-refractivity contribution is 7.12. The molecule has 112 valence electrons. The van der Waals surface area contributed by atoms with Crippen molar-refractivity contribution in [3.05, 3.63) is 52.5 Å². The number of esters is 1. The van der Waals surface area contributed by atoms with Crippen LogP contribution in [0.5, 0.6) is 0 Å². The highest BCUT2D eigenvalue weighted by Crippen LogP contribution is 2.27. The number of carbonyl (C=O) groups excluding carboxylic acids is 1. The molecule has 0 atom stereocenters. The number of carbonyl (C=O) groups is 1. The van der Waals surface area contributed by atoms with Crippen molar-refractivity contribution in [2.24, 2.45) is 0 Å². The number of pyridine rings is 1. The van der Waals surface area contributed by atoms with Gasteiger partial charge in [-0.15, -0.1) is 11.3 Å². The van der Waals surface area contributed by atoms with Crippen LogP contribution in [-0.2, 0) is 4.74 Å². The molecule has 0 saturated carbocycles. The van der Waals surface area contributed by atoms with E-state index in [1.807, 2.05) is 42.6 Å². The van der Waals surface area contributed by atoms with Gasteiger partial charge in [0.05, 0.1) is 18.5 Å². The molecule has 0 radical (unpaired) electrons.